The minimum Gasteiger partial charge on any atom is -0.356 e. The molecule has 6 aliphatic rings. The summed E-state index contributed by atoms with van der Waals surface area (Å²) in [5.41, 5.74) is 5.54. The quantitative estimate of drug-likeness (QED) is 0.233. The summed E-state index contributed by atoms with van der Waals surface area (Å²) < 4.78 is 20.0. The first-order chi connectivity index (χ1) is 20.9. The summed E-state index contributed by atoms with van der Waals surface area (Å²) in [6.45, 7) is 5.12. The van der Waals surface area contributed by atoms with E-state index in [1.165, 1.54) is 24.3 Å². The number of hydrogen-bond acceptors (Lipinski definition) is 7. The van der Waals surface area contributed by atoms with Crippen molar-refractivity contribution in [3.05, 3.63) is 35.6 Å². The van der Waals surface area contributed by atoms with Crippen LogP contribution in [0.15, 0.2) is 24.3 Å². The van der Waals surface area contributed by atoms with Crippen molar-refractivity contribution in [2.45, 2.75) is 102 Å². The molecule has 1 heterocycles. The maximum absolute atomic E-state index is 13.6. The molecule has 5 saturated carbocycles. The Kier molecular flexibility index (Phi) is 8.53. The Bertz CT molecular complexity index is 1230. The fraction of sp³-hybridized carbons (Fsp3) is 0.727. The van der Waals surface area contributed by atoms with Crippen LogP contribution in [0.25, 0.3) is 0 Å². The van der Waals surface area contributed by atoms with Gasteiger partial charge in [-0.2, -0.15) is 9.78 Å². The van der Waals surface area contributed by atoms with Gasteiger partial charge in [-0.25, -0.2) is 4.39 Å². The third kappa shape index (κ3) is 6.38. The lowest BCUT2D eigenvalue weighted by molar-refractivity contribution is -0.393. The number of carbonyl (C=O) groups is 3. The molecular weight excluding hydrogens is 567 g/mol. The number of rotatable bonds is 10. The molecule has 0 aromatic heterocycles. The Labute approximate surface area is 258 Å². The average molecular weight is 615 g/mol. The maximum atomic E-state index is 13.6. The van der Waals surface area contributed by atoms with Crippen LogP contribution in [-0.2, 0) is 24.1 Å². The number of nitrogens with two attached hydrogens (primary N) is 1. The van der Waals surface area contributed by atoms with E-state index in [1.54, 1.807) is 0 Å². The van der Waals surface area contributed by atoms with Crippen LogP contribution in [0.1, 0.15) is 94.8 Å². The molecule has 1 aromatic rings. The zero-order valence-corrected chi connectivity index (χ0v) is 25.9. The highest BCUT2D eigenvalue weighted by Crippen LogP contribution is 2.67. The predicted octanol–water partition coefficient (Wildman–Crippen LogP) is 3.69. The maximum Gasteiger partial charge on any atom is 0.251 e. The number of halogens is 1. The molecule has 242 valence electrons. The summed E-state index contributed by atoms with van der Waals surface area (Å²) in [6.07, 6.45) is 8.36. The molecule has 7 rings (SSSR count). The van der Waals surface area contributed by atoms with Gasteiger partial charge in [0, 0.05) is 61.8 Å². The van der Waals surface area contributed by atoms with E-state index in [0.717, 1.165) is 32.1 Å². The van der Waals surface area contributed by atoms with Gasteiger partial charge < -0.3 is 26.4 Å². The molecule has 4 bridgehead atoms. The smallest absolute Gasteiger partial charge is 0.251 e. The molecule has 1 aliphatic heterocycles. The second kappa shape index (κ2) is 12.0. The van der Waals surface area contributed by atoms with Crippen molar-refractivity contribution in [2.24, 2.45) is 34.8 Å². The highest BCUT2D eigenvalue weighted by atomic mass is 19.1. The lowest BCUT2D eigenvalue weighted by atomic mass is 9.47. The van der Waals surface area contributed by atoms with Crippen molar-refractivity contribution >= 4 is 17.7 Å². The number of hydrogen-bond donors (Lipinski definition) is 4. The van der Waals surface area contributed by atoms with Gasteiger partial charge in [0.25, 0.3) is 5.91 Å². The van der Waals surface area contributed by atoms with Crippen LogP contribution in [0.3, 0.4) is 0 Å². The second-order valence-electron chi connectivity index (χ2n) is 14.8. The van der Waals surface area contributed by atoms with Crippen molar-refractivity contribution in [1.82, 2.24) is 16.0 Å². The fourth-order valence-electron chi connectivity index (χ4n) is 8.52. The van der Waals surface area contributed by atoms with Crippen molar-refractivity contribution in [1.29, 1.82) is 0 Å². The summed E-state index contributed by atoms with van der Waals surface area (Å²) in [6, 6.07) is 5.43. The standard InChI is InChI=1S/C33H47FN4O6/c1-30(2,35)20-38-27(39)16-21-8-10-32(11-9-21)42-33(44-43-32)24-14-22-15-25(33)19-31(17-22,18-24)29(41)37-13-3-12-36-28(40)23-4-6-26(34)7-5-23/h4-7,21-22,24-25H,3,8-20,35H2,1-2H3,(H,36,40)(H,37,41)(H,38,39). The SMILES string of the molecule is CC(C)(N)CNC(=O)CC1CCC2(CC1)OOC1(O2)C2CC3CC1CC(C(=O)NCCCNC(=O)c1ccc(F)cc1)(C3)C2. The molecular formula is C33H47FN4O6. The summed E-state index contributed by atoms with van der Waals surface area (Å²) >= 11 is 0. The van der Waals surface area contributed by atoms with E-state index >= 15 is 0 Å². The highest BCUT2D eigenvalue weighted by molar-refractivity contribution is 5.94. The van der Waals surface area contributed by atoms with Gasteiger partial charge >= 0.3 is 0 Å². The first-order valence-electron chi connectivity index (χ1n) is 16.3. The molecule has 44 heavy (non-hydrogen) atoms. The Morgan fingerprint density at radius 2 is 1.61 bits per heavy atom. The molecule has 5 N–H and O–H groups in total. The summed E-state index contributed by atoms with van der Waals surface area (Å²) in [7, 11) is 0. The molecule has 6 fully saturated rings. The van der Waals surface area contributed by atoms with Gasteiger partial charge in [-0.1, -0.05) is 0 Å². The lowest BCUT2D eigenvalue weighted by Crippen LogP contribution is -2.65. The molecule has 11 heteroatoms. The Morgan fingerprint density at radius 1 is 0.955 bits per heavy atom. The van der Waals surface area contributed by atoms with Crippen LogP contribution in [-0.4, -0.2) is 54.5 Å². The largest absolute Gasteiger partial charge is 0.356 e. The monoisotopic (exact) mass is 614 g/mol. The first kappa shape index (κ1) is 31.4. The summed E-state index contributed by atoms with van der Waals surface area (Å²) in [5, 5.41) is 8.91. The van der Waals surface area contributed by atoms with Crippen LogP contribution in [0, 0.1) is 34.9 Å². The van der Waals surface area contributed by atoms with Gasteiger partial charge in [-0.05, 0) is 101 Å². The van der Waals surface area contributed by atoms with E-state index in [4.69, 9.17) is 20.2 Å². The number of amides is 3. The molecule has 0 radical (unpaired) electrons. The Balaban J connectivity index is 0.978. The summed E-state index contributed by atoms with van der Waals surface area (Å²) in [5.74, 6) is -1.18. The van der Waals surface area contributed by atoms with E-state index in [0.29, 0.717) is 69.6 Å². The van der Waals surface area contributed by atoms with Crippen LogP contribution >= 0.6 is 0 Å². The van der Waals surface area contributed by atoms with Crippen LogP contribution < -0.4 is 21.7 Å². The topological polar surface area (TPSA) is 141 Å². The van der Waals surface area contributed by atoms with Gasteiger partial charge in [-0.15, -0.1) is 0 Å². The van der Waals surface area contributed by atoms with E-state index in [-0.39, 0.29) is 41.3 Å². The average Bonchev–Trinajstić information content (AvgIpc) is 3.35. The van der Waals surface area contributed by atoms with Crippen molar-refractivity contribution in [2.75, 3.05) is 19.6 Å². The lowest BCUT2D eigenvalue weighted by Gasteiger charge is -2.61. The minimum atomic E-state index is -0.803. The third-order valence-electron chi connectivity index (χ3n) is 10.6. The molecule has 2 spiro atoms. The molecule has 1 aromatic carbocycles. The van der Waals surface area contributed by atoms with E-state index in [9.17, 15) is 18.8 Å². The Morgan fingerprint density at radius 3 is 2.27 bits per heavy atom. The van der Waals surface area contributed by atoms with Crippen LogP contribution in [0.2, 0.25) is 0 Å². The zero-order valence-electron chi connectivity index (χ0n) is 25.9. The van der Waals surface area contributed by atoms with Gasteiger partial charge in [0.2, 0.25) is 23.4 Å². The van der Waals surface area contributed by atoms with Gasteiger partial charge in [0.1, 0.15) is 5.82 Å². The van der Waals surface area contributed by atoms with Crippen molar-refractivity contribution in [3.8, 4) is 0 Å². The highest BCUT2D eigenvalue weighted by Gasteiger charge is 2.71. The fourth-order valence-corrected chi connectivity index (χ4v) is 8.52. The van der Waals surface area contributed by atoms with Crippen LogP contribution in [0.5, 0.6) is 0 Å². The van der Waals surface area contributed by atoms with Crippen molar-refractivity contribution in [3.63, 3.8) is 0 Å². The van der Waals surface area contributed by atoms with E-state index in [2.05, 4.69) is 16.0 Å². The van der Waals surface area contributed by atoms with Gasteiger partial charge in [-0.3, -0.25) is 14.4 Å². The minimum absolute atomic E-state index is 0.0322. The number of benzene rings is 1. The molecule has 5 aliphatic carbocycles. The normalized spacial score (nSPS) is 35.6. The molecule has 2 unspecified atom stereocenters. The van der Waals surface area contributed by atoms with E-state index < -0.39 is 22.5 Å². The summed E-state index contributed by atoms with van der Waals surface area (Å²) in [4.78, 5) is 50.5. The molecule has 3 amide bonds. The van der Waals surface area contributed by atoms with Gasteiger partial charge in [0.05, 0.1) is 5.41 Å². The molecule has 2 atom stereocenters. The third-order valence-corrected chi connectivity index (χ3v) is 10.6. The molecule has 10 nitrogen and oxygen atoms in total. The van der Waals surface area contributed by atoms with Crippen molar-refractivity contribution < 1.29 is 33.3 Å². The van der Waals surface area contributed by atoms with Crippen LogP contribution in [0.4, 0.5) is 4.39 Å². The predicted molar refractivity (Wildman–Crippen MR) is 159 cm³/mol. The Hall–Kier alpha value is -2.60. The van der Waals surface area contributed by atoms with Gasteiger partial charge in [0.15, 0.2) is 0 Å². The first-order valence-corrected chi connectivity index (χ1v) is 16.3. The second-order valence-corrected chi connectivity index (χ2v) is 14.8. The molecule has 1 saturated heterocycles. The number of nitrogens with one attached hydrogen (secondary N) is 3. The van der Waals surface area contributed by atoms with E-state index in [1.807, 2.05) is 13.8 Å². The number of ether oxygens (including phenoxy) is 1. The number of carbonyl (C=O) groups excluding carboxylic acids is 3. The zero-order chi connectivity index (χ0) is 31.2.